The maximum Gasteiger partial charge on any atom is 0.416 e. The van der Waals surface area contributed by atoms with Gasteiger partial charge in [0.2, 0.25) is 0 Å². The van der Waals surface area contributed by atoms with E-state index in [1.807, 2.05) is 0 Å². The Hall–Kier alpha value is -1.07. The van der Waals surface area contributed by atoms with E-state index in [4.69, 9.17) is 9.47 Å². The number of ether oxygens (including phenoxy) is 2. The quantitative estimate of drug-likeness (QED) is 0.248. The second kappa shape index (κ2) is 12.4. The van der Waals surface area contributed by atoms with Gasteiger partial charge in [0.25, 0.3) is 0 Å². The van der Waals surface area contributed by atoms with Gasteiger partial charge in [-0.2, -0.15) is 13.2 Å². The van der Waals surface area contributed by atoms with Crippen molar-refractivity contribution in [1.29, 1.82) is 0 Å². The van der Waals surface area contributed by atoms with Gasteiger partial charge < -0.3 is 20.1 Å². The van der Waals surface area contributed by atoms with Gasteiger partial charge >= 0.3 is 6.18 Å². The van der Waals surface area contributed by atoms with Crippen LogP contribution in [0.3, 0.4) is 0 Å². The summed E-state index contributed by atoms with van der Waals surface area (Å²) in [7, 11) is 1.62. The number of halogens is 4. The molecule has 2 N–H and O–H groups in total. The fourth-order valence-corrected chi connectivity index (χ4v) is 2.61. The van der Waals surface area contributed by atoms with Crippen molar-refractivity contribution >= 4 is 29.9 Å². The summed E-state index contributed by atoms with van der Waals surface area (Å²) >= 11 is 0. The highest BCUT2D eigenvalue weighted by Crippen LogP contribution is 2.29. The summed E-state index contributed by atoms with van der Waals surface area (Å²) in [5.41, 5.74) is -0.102. The maximum absolute atomic E-state index is 12.7. The lowest BCUT2D eigenvalue weighted by molar-refractivity contribution is -0.137. The Morgan fingerprint density at radius 2 is 2.15 bits per heavy atom. The first-order valence-electron chi connectivity index (χ1n) is 8.75. The molecule has 0 saturated carbocycles. The van der Waals surface area contributed by atoms with Crippen molar-refractivity contribution in [3.63, 3.8) is 0 Å². The normalized spacial score (nSPS) is 17.5. The zero-order chi connectivity index (χ0) is 18.8. The van der Waals surface area contributed by atoms with Crippen molar-refractivity contribution in [2.45, 2.75) is 25.6 Å². The van der Waals surface area contributed by atoms with Crippen LogP contribution in [0.4, 0.5) is 13.2 Å². The van der Waals surface area contributed by atoms with Crippen molar-refractivity contribution in [1.82, 2.24) is 10.6 Å². The number of nitrogens with zero attached hydrogens (tertiary/aromatic N) is 1. The molecule has 1 aliphatic rings. The van der Waals surface area contributed by atoms with Crippen LogP contribution in [-0.2, 0) is 22.2 Å². The van der Waals surface area contributed by atoms with E-state index in [1.165, 1.54) is 6.07 Å². The van der Waals surface area contributed by atoms with Gasteiger partial charge in [-0.05, 0) is 30.5 Å². The van der Waals surface area contributed by atoms with Crippen molar-refractivity contribution in [2.75, 3.05) is 40.0 Å². The minimum Gasteiger partial charge on any atom is -0.381 e. The molecular weight excluding hydrogens is 474 g/mol. The lowest BCUT2D eigenvalue weighted by Crippen LogP contribution is -2.37. The summed E-state index contributed by atoms with van der Waals surface area (Å²) in [6.07, 6.45) is -2.46. The Kier molecular flexibility index (Phi) is 11.0. The fraction of sp³-hybridized carbons (Fsp3) is 0.611. The molecule has 0 aromatic heterocycles. The molecule has 0 aliphatic carbocycles. The van der Waals surface area contributed by atoms with Crippen molar-refractivity contribution in [3.8, 4) is 0 Å². The predicted molar refractivity (Wildman–Crippen MR) is 109 cm³/mol. The third-order valence-corrected chi connectivity index (χ3v) is 4.07. The lowest BCUT2D eigenvalue weighted by atomic mass is 10.1. The smallest absolute Gasteiger partial charge is 0.381 e. The average Bonchev–Trinajstić information content (AvgIpc) is 3.13. The van der Waals surface area contributed by atoms with Gasteiger partial charge in [0, 0.05) is 39.3 Å². The molecule has 1 unspecified atom stereocenters. The lowest BCUT2D eigenvalue weighted by Gasteiger charge is -2.13. The van der Waals surface area contributed by atoms with Crippen LogP contribution in [0.5, 0.6) is 0 Å². The highest BCUT2D eigenvalue weighted by Gasteiger charge is 2.30. The Bertz CT molecular complexity index is 579. The molecule has 1 aromatic rings. The van der Waals surface area contributed by atoms with E-state index < -0.39 is 11.7 Å². The second-order valence-electron chi connectivity index (χ2n) is 6.21. The molecule has 1 saturated heterocycles. The number of guanidine groups is 1. The Labute approximate surface area is 175 Å². The summed E-state index contributed by atoms with van der Waals surface area (Å²) in [6, 6.07) is 5.26. The van der Waals surface area contributed by atoms with E-state index in [0.717, 1.165) is 44.8 Å². The van der Waals surface area contributed by atoms with Gasteiger partial charge in [0.15, 0.2) is 5.96 Å². The Morgan fingerprint density at radius 3 is 2.81 bits per heavy atom. The van der Waals surface area contributed by atoms with Crippen LogP contribution in [0.15, 0.2) is 29.3 Å². The molecule has 1 aliphatic heterocycles. The standard InChI is InChI=1S/C18H26F3N3O2.HI/c1-22-17(23-7-3-8-25-12-15-6-9-26-13-15)24-11-14-4-2-5-16(10-14)18(19,20)21;/h2,4-5,10,15H,3,6-9,11-13H2,1H3,(H2,22,23,24);1H. The fourth-order valence-electron chi connectivity index (χ4n) is 2.61. The van der Waals surface area contributed by atoms with E-state index in [9.17, 15) is 13.2 Å². The van der Waals surface area contributed by atoms with Crippen molar-refractivity contribution < 1.29 is 22.6 Å². The molecule has 1 fully saturated rings. The van der Waals surface area contributed by atoms with Gasteiger partial charge in [0.1, 0.15) is 0 Å². The SMILES string of the molecule is CN=C(NCCCOCC1CCOC1)NCc1cccc(C(F)(F)F)c1.I. The van der Waals surface area contributed by atoms with E-state index >= 15 is 0 Å². The van der Waals surface area contributed by atoms with Gasteiger partial charge in [-0.1, -0.05) is 12.1 Å². The molecule has 0 bridgehead atoms. The number of benzene rings is 1. The topological polar surface area (TPSA) is 54.9 Å². The minimum absolute atomic E-state index is 0. The first-order valence-corrected chi connectivity index (χ1v) is 8.75. The zero-order valence-corrected chi connectivity index (χ0v) is 17.7. The number of hydrogen-bond acceptors (Lipinski definition) is 3. The van der Waals surface area contributed by atoms with Gasteiger partial charge in [-0.3, -0.25) is 4.99 Å². The number of hydrogen-bond donors (Lipinski definition) is 2. The van der Waals surface area contributed by atoms with Crippen LogP contribution in [0.2, 0.25) is 0 Å². The number of rotatable bonds is 8. The summed E-state index contributed by atoms with van der Waals surface area (Å²) in [4.78, 5) is 4.07. The molecule has 1 atom stereocenters. The summed E-state index contributed by atoms with van der Waals surface area (Å²) in [5, 5.41) is 6.14. The molecule has 0 spiro atoms. The van der Waals surface area contributed by atoms with E-state index in [0.29, 0.717) is 30.6 Å². The first-order chi connectivity index (χ1) is 12.5. The summed E-state index contributed by atoms with van der Waals surface area (Å²) in [6.45, 7) is 3.91. The van der Waals surface area contributed by atoms with Crippen LogP contribution in [0.1, 0.15) is 24.0 Å². The van der Waals surface area contributed by atoms with Crippen LogP contribution in [-0.4, -0.2) is 46.0 Å². The Morgan fingerprint density at radius 1 is 1.33 bits per heavy atom. The monoisotopic (exact) mass is 501 g/mol. The van der Waals surface area contributed by atoms with Gasteiger partial charge in [-0.15, -0.1) is 24.0 Å². The molecule has 9 heteroatoms. The Balaban J connectivity index is 0.00000364. The molecule has 0 amide bonds. The third kappa shape index (κ3) is 9.11. The zero-order valence-electron chi connectivity index (χ0n) is 15.3. The minimum atomic E-state index is -4.33. The predicted octanol–water partition coefficient (Wildman–Crippen LogP) is 3.43. The molecule has 154 valence electrons. The number of alkyl halides is 3. The van der Waals surface area contributed by atoms with Crippen LogP contribution in [0, 0.1) is 5.92 Å². The molecular formula is C18H27F3IN3O2. The highest BCUT2D eigenvalue weighted by atomic mass is 127. The van der Waals surface area contributed by atoms with Crippen LogP contribution in [0.25, 0.3) is 0 Å². The van der Waals surface area contributed by atoms with Crippen molar-refractivity contribution in [3.05, 3.63) is 35.4 Å². The van der Waals surface area contributed by atoms with E-state index in [1.54, 1.807) is 13.1 Å². The van der Waals surface area contributed by atoms with Crippen molar-refractivity contribution in [2.24, 2.45) is 10.9 Å². The molecule has 27 heavy (non-hydrogen) atoms. The van der Waals surface area contributed by atoms with Gasteiger partial charge in [-0.25, -0.2) is 0 Å². The van der Waals surface area contributed by atoms with Crippen LogP contribution < -0.4 is 10.6 Å². The number of aliphatic imine (C=N–C) groups is 1. The third-order valence-electron chi connectivity index (χ3n) is 4.07. The highest BCUT2D eigenvalue weighted by molar-refractivity contribution is 14.0. The first kappa shape index (κ1) is 24.0. The molecule has 5 nitrogen and oxygen atoms in total. The molecule has 2 rings (SSSR count). The molecule has 0 radical (unpaired) electrons. The van der Waals surface area contributed by atoms with E-state index in [-0.39, 0.29) is 30.5 Å². The summed E-state index contributed by atoms with van der Waals surface area (Å²) in [5.74, 6) is 1.05. The van der Waals surface area contributed by atoms with Crippen LogP contribution >= 0.6 is 24.0 Å². The largest absolute Gasteiger partial charge is 0.416 e. The molecule has 1 heterocycles. The second-order valence-corrected chi connectivity index (χ2v) is 6.21. The average molecular weight is 501 g/mol. The number of nitrogens with one attached hydrogen (secondary N) is 2. The van der Waals surface area contributed by atoms with E-state index in [2.05, 4.69) is 15.6 Å². The molecule has 1 aromatic carbocycles. The summed E-state index contributed by atoms with van der Waals surface area (Å²) < 4.78 is 49.1. The maximum atomic E-state index is 12.7. The van der Waals surface area contributed by atoms with Gasteiger partial charge in [0.05, 0.1) is 18.8 Å².